The highest BCUT2D eigenvalue weighted by molar-refractivity contribution is 9.10. The highest BCUT2D eigenvalue weighted by Crippen LogP contribution is 2.12. The van der Waals surface area contributed by atoms with Crippen LogP contribution in [0.3, 0.4) is 0 Å². The Balaban J connectivity index is 1.48. The smallest absolute Gasteiger partial charge is 0.408 e. The number of benzene rings is 1. The van der Waals surface area contributed by atoms with E-state index in [1.165, 1.54) is 4.57 Å². The topological polar surface area (TPSA) is 109 Å². The average molecular weight is 407 g/mol. The van der Waals surface area contributed by atoms with Gasteiger partial charge in [0.25, 0.3) is 5.91 Å². The average Bonchev–Trinajstić information content (AvgIpc) is 3.16. The number of H-pyrrole nitrogens is 1. The van der Waals surface area contributed by atoms with Crippen molar-refractivity contribution in [1.29, 1.82) is 0 Å². The molecule has 0 saturated heterocycles. The minimum atomic E-state index is -0.452. The zero-order chi connectivity index (χ0) is 17.8. The van der Waals surface area contributed by atoms with E-state index in [-0.39, 0.29) is 12.3 Å². The zero-order valence-electron chi connectivity index (χ0n) is 13.0. The zero-order valence-corrected chi connectivity index (χ0v) is 14.6. The molecule has 25 heavy (non-hydrogen) atoms. The minimum Gasteiger partial charge on any atom is -0.408 e. The fourth-order valence-electron chi connectivity index (χ4n) is 2.38. The normalized spacial score (nSPS) is 10.8. The van der Waals surface area contributed by atoms with Crippen LogP contribution in [0.25, 0.3) is 11.1 Å². The Kier molecular flexibility index (Phi) is 5.03. The predicted octanol–water partition coefficient (Wildman–Crippen LogP) is 1.93. The lowest BCUT2D eigenvalue weighted by atomic mass is 10.3. The number of nitrogens with zero attached hydrogens (tertiary/aromatic N) is 1. The lowest BCUT2D eigenvalue weighted by Gasteiger charge is -2.06. The van der Waals surface area contributed by atoms with E-state index < -0.39 is 11.7 Å². The van der Waals surface area contributed by atoms with Gasteiger partial charge in [-0.3, -0.25) is 25.0 Å². The molecule has 0 radical (unpaired) electrons. The molecule has 0 unspecified atom stereocenters. The summed E-state index contributed by atoms with van der Waals surface area (Å²) in [6, 6.07) is 8.70. The highest BCUT2D eigenvalue weighted by Gasteiger charge is 2.11. The molecule has 130 valence electrons. The van der Waals surface area contributed by atoms with Crippen molar-refractivity contribution < 1.29 is 14.0 Å². The van der Waals surface area contributed by atoms with Gasteiger partial charge in [0, 0.05) is 23.6 Å². The summed E-state index contributed by atoms with van der Waals surface area (Å²) in [5, 5.41) is 0. The molecule has 0 atom stereocenters. The molecule has 1 aromatic carbocycles. The maximum atomic E-state index is 11.8. The number of aromatic nitrogens is 2. The Bertz CT molecular complexity index is 972. The van der Waals surface area contributed by atoms with Crippen molar-refractivity contribution >= 4 is 38.8 Å². The summed E-state index contributed by atoms with van der Waals surface area (Å²) in [6.07, 6.45) is 2.20. The Morgan fingerprint density at radius 1 is 1.24 bits per heavy atom. The number of para-hydroxylation sites is 2. The minimum absolute atomic E-state index is 0.153. The molecule has 0 aliphatic heterocycles. The van der Waals surface area contributed by atoms with Crippen molar-refractivity contribution in [3.63, 3.8) is 0 Å². The van der Waals surface area contributed by atoms with Crippen LogP contribution in [0.1, 0.15) is 23.3 Å². The largest absolute Gasteiger partial charge is 0.419 e. The Morgan fingerprint density at radius 2 is 2.04 bits per heavy atom. The number of hydrogen-bond acceptors (Lipinski definition) is 4. The van der Waals surface area contributed by atoms with E-state index in [0.717, 1.165) is 4.47 Å². The van der Waals surface area contributed by atoms with Crippen LogP contribution in [0.5, 0.6) is 0 Å². The van der Waals surface area contributed by atoms with Gasteiger partial charge in [-0.05, 0) is 40.5 Å². The molecule has 0 bridgehead atoms. The van der Waals surface area contributed by atoms with Crippen LogP contribution in [-0.2, 0) is 11.3 Å². The molecule has 0 aliphatic carbocycles. The number of hydrogen-bond donors (Lipinski definition) is 3. The van der Waals surface area contributed by atoms with Gasteiger partial charge in [-0.15, -0.1) is 0 Å². The van der Waals surface area contributed by atoms with Crippen molar-refractivity contribution in [2.24, 2.45) is 0 Å². The first-order valence-electron chi connectivity index (χ1n) is 7.56. The van der Waals surface area contributed by atoms with Gasteiger partial charge in [-0.25, -0.2) is 4.79 Å². The third kappa shape index (κ3) is 4.00. The SMILES string of the molecule is O=C(CCCn1c(=O)oc2ccccc21)NNC(=O)c1cc(Br)c[nH]1. The summed E-state index contributed by atoms with van der Waals surface area (Å²) in [7, 11) is 0. The van der Waals surface area contributed by atoms with Crippen LogP contribution < -0.4 is 16.6 Å². The highest BCUT2D eigenvalue weighted by atomic mass is 79.9. The van der Waals surface area contributed by atoms with Gasteiger partial charge in [0.1, 0.15) is 5.69 Å². The predicted molar refractivity (Wildman–Crippen MR) is 93.8 cm³/mol. The first kappa shape index (κ1) is 17.0. The molecule has 9 heteroatoms. The van der Waals surface area contributed by atoms with E-state index in [2.05, 4.69) is 31.8 Å². The molecule has 2 amide bonds. The number of halogens is 1. The summed E-state index contributed by atoms with van der Waals surface area (Å²) in [4.78, 5) is 38.2. The quantitative estimate of drug-likeness (QED) is 0.562. The molecule has 3 aromatic rings. The fourth-order valence-corrected chi connectivity index (χ4v) is 2.72. The Morgan fingerprint density at radius 3 is 2.80 bits per heavy atom. The molecule has 8 nitrogen and oxygen atoms in total. The Hall–Kier alpha value is -2.81. The van der Waals surface area contributed by atoms with E-state index in [4.69, 9.17) is 4.42 Å². The number of carbonyl (C=O) groups excluding carboxylic acids is 2. The molecule has 3 rings (SSSR count). The number of fused-ring (bicyclic) bond motifs is 1. The number of oxazole rings is 1. The second kappa shape index (κ2) is 7.39. The van der Waals surface area contributed by atoms with Crippen LogP contribution in [0.4, 0.5) is 0 Å². The molecular weight excluding hydrogens is 392 g/mol. The lowest BCUT2D eigenvalue weighted by molar-refractivity contribution is -0.122. The van der Waals surface area contributed by atoms with Crippen LogP contribution >= 0.6 is 15.9 Å². The van der Waals surface area contributed by atoms with Crippen molar-refractivity contribution in [3.05, 3.63) is 57.2 Å². The standard InChI is InChI=1S/C16H15BrN4O4/c17-10-8-11(18-9-10)15(23)20-19-14(22)6-3-7-21-12-4-1-2-5-13(12)25-16(21)24/h1-2,4-5,8-9,18H,3,6-7H2,(H,19,22)(H,20,23). The van der Waals surface area contributed by atoms with Gasteiger partial charge in [0.15, 0.2) is 5.58 Å². The monoisotopic (exact) mass is 406 g/mol. The first-order valence-corrected chi connectivity index (χ1v) is 8.35. The maximum Gasteiger partial charge on any atom is 0.419 e. The second-order valence-corrected chi connectivity index (χ2v) is 6.24. The number of aryl methyl sites for hydroxylation is 1. The Labute approximate surface area is 150 Å². The number of rotatable bonds is 5. The van der Waals surface area contributed by atoms with Crippen LogP contribution in [-0.4, -0.2) is 21.4 Å². The van der Waals surface area contributed by atoms with Crippen molar-refractivity contribution in [2.75, 3.05) is 0 Å². The number of aromatic amines is 1. The van der Waals surface area contributed by atoms with E-state index >= 15 is 0 Å². The van der Waals surface area contributed by atoms with E-state index in [1.54, 1.807) is 30.5 Å². The lowest BCUT2D eigenvalue weighted by Crippen LogP contribution is -2.41. The summed E-state index contributed by atoms with van der Waals surface area (Å²) >= 11 is 3.22. The van der Waals surface area contributed by atoms with Gasteiger partial charge in [0.2, 0.25) is 5.91 Å². The summed E-state index contributed by atoms with van der Waals surface area (Å²) in [5.41, 5.74) is 6.19. The summed E-state index contributed by atoms with van der Waals surface area (Å²) in [6.45, 7) is 0.348. The van der Waals surface area contributed by atoms with Crippen molar-refractivity contribution in [2.45, 2.75) is 19.4 Å². The van der Waals surface area contributed by atoms with Gasteiger partial charge < -0.3 is 9.40 Å². The molecule has 0 saturated carbocycles. The summed E-state index contributed by atoms with van der Waals surface area (Å²) < 4.78 is 7.35. The third-order valence-corrected chi connectivity index (χ3v) is 4.02. The molecule has 2 aromatic heterocycles. The number of hydrazine groups is 1. The third-order valence-electron chi connectivity index (χ3n) is 3.57. The fraction of sp³-hybridized carbons (Fsp3) is 0.188. The van der Waals surface area contributed by atoms with Gasteiger partial charge in [-0.2, -0.15) is 0 Å². The summed E-state index contributed by atoms with van der Waals surface area (Å²) in [5.74, 6) is -1.25. The van der Waals surface area contributed by atoms with Crippen molar-refractivity contribution in [1.82, 2.24) is 20.4 Å². The van der Waals surface area contributed by atoms with Crippen molar-refractivity contribution in [3.8, 4) is 0 Å². The molecule has 2 heterocycles. The number of amides is 2. The molecule has 0 fully saturated rings. The van der Waals surface area contributed by atoms with Gasteiger partial charge in [0.05, 0.1) is 5.52 Å². The molecule has 0 aliphatic rings. The second-order valence-electron chi connectivity index (χ2n) is 5.32. The van der Waals surface area contributed by atoms with Gasteiger partial charge in [-0.1, -0.05) is 12.1 Å². The van der Waals surface area contributed by atoms with Crippen LogP contribution in [0.2, 0.25) is 0 Å². The molecular formula is C16H15BrN4O4. The van der Waals surface area contributed by atoms with E-state index in [1.807, 2.05) is 6.07 Å². The van der Waals surface area contributed by atoms with E-state index in [0.29, 0.717) is 29.8 Å². The molecule has 0 spiro atoms. The van der Waals surface area contributed by atoms with Crippen LogP contribution in [0, 0.1) is 0 Å². The molecule has 3 N–H and O–H groups in total. The first-order chi connectivity index (χ1) is 12.0. The number of carbonyl (C=O) groups is 2. The number of nitrogens with one attached hydrogen (secondary N) is 3. The van der Waals surface area contributed by atoms with Gasteiger partial charge >= 0.3 is 5.76 Å². The maximum absolute atomic E-state index is 11.8. The van der Waals surface area contributed by atoms with E-state index in [9.17, 15) is 14.4 Å². The van der Waals surface area contributed by atoms with Crippen LogP contribution in [0.15, 0.2) is 50.2 Å².